The zero-order valence-electron chi connectivity index (χ0n) is 9.03. The van der Waals surface area contributed by atoms with E-state index in [1.807, 2.05) is 18.7 Å². The molecule has 1 unspecified atom stereocenters. The van der Waals surface area contributed by atoms with Crippen LogP contribution in [0.3, 0.4) is 0 Å². The van der Waals surface area contributed by atoms with E-state index in [4.69, 9.17) is 10.5 Å². The van der Waals surface area contributed by atoms with Crippen LogP contribution in [0.25, 0.3) is 0 Å². The van der Waals surface area contributed by atoms with Crippen molar-refractivity contribution in [2.75, 3.05) is 18.9 Å². The normalized spacial score (nSPS) is 24.9. The Balaban J connectivity index is 2.42. The molecule has 2 nitrogen and oxygen atoms in total. The van der Waals surface area contributed by atoms with Gasteiger partial charge in [0, 0.05) is 23.8 Å². The summed E-state index contributed by atoms with van der Waals surface area (Å²) in [6.45, 7) is 3.32. The van der Waals surface area contributed by atoms with E-state index in [1.165, 1.54) is 10.5 Å². The second-order valence-corrected chi connectivity index (χ2v) is 4.86. The van der Waals surface area contributed by atoms with E-state index in [1.54, 1.807) is 0 Å². The average Bonchev–Trinajstić information content (AvgIpc) is 2.30. The number of benzene rings is 1. The zero-order chi connectivity index (χ0) is 10.7. The van der Waals surface area contributed by atoms with Crippen LogP contribution < -0.4 is 5.73 Å². The standard InChI is InChI=1S/C12H17NOS/c1-2-14-12(9-13)7-8-15-11-6-4-3-5-10(11)12/h3-6H,2,7-9,13H2,1H3. The molecule has 0 saturated heterocycles. The van der Waals surface area contributed by atoms with Crippen LogP contribution in [0, 0.1) is 0 Å². The summed E-state index contributed by atoms with van der Waals surface area (Å²) in [5.74, 6) is 1.09. The summed E-state index contributed by atoms with van der Waals surface area (Å²) in [5.41, 5.74) is 6.93. The Morgan fingerprint density at radius 2 is 2.27 bits per heavy atom. The van der Waals surface area contributed by atoms with E-state index < -0.39 is 0 Å². The van der Waals surface area contributed by atoms with Gasteiger partial charge in [0.1, 0.15) is 5.60 Å². The SMILES string of the molecule is CCOC1(CN)CCSc2ccccc21. The quantitative estimate of drug-likeness (QED) is 0.854. The van der Waals surface area contributed by atoms with Crippen molar-refractivity contribution in [3.05, 3.63) is 29.8 Å². The van der Waals surface area contributed by atoms with Crippen molar-refractivity contribution < 1.29 is 4.74 Å². The number of nitrogens with two attached hydrogens (primary N) is 1. The van der Waals surface area contributed by atoms with Gasteiger partial charge in [-0.15, -0.1) is 11.8 Å². The van der Waals surface area contributed by atoms with Crippen LogP contribution in [-0.4, -0.2) is 18.9 Å². The second kappa shape index (κ2) is 4.56. The van der Waals surface area contributed by atoms with E-state index in [0.29, 0.717) is 6.54 Å². The monoisotopic (exact) mass is 223 g/mol. The molecule has 0 fully saturated rings. The van der Waals surface area contributed by atoms with Crippen LogP contribution in [-0.2, 0) is 10.3 Å². The lowest BCUT2D eigenvalue weighted by molar-refractivity contribution is -0.0424. The highest BCUT2D eigenvalue weighted by Gasteiger charge is 2.36. The molecule has 2 rings (SSSR count). The predicted octanol–water partition coefficient (Wildman–Crippen LogP) is 2.37. The van der Waals surface area contributed by atoms with Crippen LogP contribution in [0.4, 0.5) is 0 Å². The van der Waals surface area contributed by atoms with Crippen LogP contribution in [0.15, 0.2) is 29.2 Å². The molecule has 1 aliphatic heterocycles. The van der Waals surface area contributed by atoms with Crippen molar-refractivity contribution >= 4 is 11.8 Å². The third kappa shape index (κ3) is 1.92. The molecule has 0 amide bonds. The van der Waals surface area contributed by atoms with Gasteiger partial charge >= 0.3 is 0 Å². The molecule has 1 aromatic rings. The lowest BCUT2D eigenvalue weighted by Gasteiger charge is -2.37. The fourth-order valence-electron chi connectivity index (χ4n) is 2.13. The van der Waals surface area contributed by atoms with Crippen LogP contribution in [0.2, 0.25) is 0 Å². The number of hydrogen-bond donors (Lipinski definition) is 1. The molecule has 0 bridgehead atoms. The number of hydrogen-bond acceptors (Lipinski definition) is 3. The highest BCUT2D eigenvalue weighted by molar-refractivity contribution is 7.99. The molecule has 0 saturated carbocycles. The van der Waals surface area contributed by atoms with Gasteiger partial charge in [0.2, 0.25) is 0 Å². The third-order valence-electron chi connectivity index (χ3n) is 2.89. The minimum Gasteiger partial charge on any atom is -0.369 e. The molecule has 82 valence electrons. The molecular formula is C12H17NOS. The van der Waals surface area contributed by atoms with Gasteiger partial charge in [-0.25, -0.2) is 0 Å². The van der Waals surface area contributed by atoms with Crippen LogP contribution in [0.5, 0.6) is 0 Å². The molecule has 15 heavy (non-hydrogen) atoms. The third-order valence-corrected chi connectivity index (χ3v) is 3.97. The molecule has 1 atom stereocenters. The van der Waals surface area contributed by atoms with Crippen molar-refractivity contribution in [3.63, 3.8) is 0 Å². The lowest BCUT2D eigenvalue weighted by atomic mass is 9.90. The maximum Gasteiger partial charge on any atom is 0.107 e. The van der Waals surface area contributed by atoms with Gasteiger partial charge in [0.05, 0.1) is 0 Å². The first-order valence-electron chi connectivity index (χ1n) is 5.39. The molecule has 0 spiro atoms. The van der Waals surface area contributed by atoms with Crippen molar-refractivity contribution in [1.29, 1.82) is 0 Å². The highest BCUT2D eigenvalue weighted by atomic mass is 32.2. The molecule has 3 heteroatoms. The van der Waals surface area contributed by atoms with Gasteiger partial charge in [0.15, 0.2) is 0 Å². The Labute approximate surface area is 95.2 Å². The predicted molar refractivity (Wildman–Crippen MR) is 64.1 cm³/mol. The Kier molecular flexibility index (Phi) is 3.34. The number of fused-ring (bicyclic) bond motifs is 1. The first-order valence-corrected chi connectivity index (χ1v) is 6.37. The fourth-order valence-corrected chi connectivity index (χ4v) is 3.36. The Morgan fingerprint density at radius 1 is 1.47 bits per heavy atom. The van der Waals surface area contributed by atoms with E-state index in [2.05, 4.69) is 24.3 Å². The Hall–Kier alpha value is -0.510. The Morgan fingerprint density at radius 3 is 3.00 bits per heavy atom. The lowest BCUT2D eigenvalue weighted by Crippen LogP contribution is -2.40. The summed E-state index contributed by atoms with van der Waals surface area (Å²) in [7, 11) is 0. The summed E-state index contributed by atoms with van der Waals surface area (Å²) in [5, 5.41) is 0. The molecule has 1 heterocycles. The molecule has 0 aromatic heterocycles. The average molecular weight is 223 g/mol. The van der Waals surface area contributed by atoms with Crippen molar-refractivity contribution in [2.45, 2.75) is 23.8 Å². The fraction of sp³-hybridized carbons (Fsp3) is 0.500. The van der Waals surface area contributed by atoms with Gasteiger partial charge in [-0.1, -0.05) is 18.2 Å². The summed E-state index contributed by atoms with van der Waals surface area (Å²) >= 11 is 1.90. The largest absolute Gasteiger partial charge is 0.369 e. The maximum atomic E-state index is 5.91. The number of ether oxygens (including phenoxy) is 1. The highest BCUT2D eigenvalue weighted by Crippen LogP contribution is 2.41. The van der Waals surface area contributed by atoms with Gasteiger partial charge in [0.25, 0.3) is 0 Å². The molecule has 1 aliphatic rings. The van der Waals surface area contributed by atoms with E-state index in [0.717, 1.165) is 18.8 Å². The minimum atomic E-state index is -0.239. The molecule has 0 radical (unpaired) electrons. The van der Waals surface area contributed by atoms with E-state index in [-0.39, 0.29) is 5.60 Å². The molecule has 2 N–H and O–H groups in total. The van der Waals surface area contributed by atoms with E-state index in [9.17, 15) is 0 Å². The zero-order valence-corrected chi connectivity index (χ0v) is 9.85. The number of thioether (sulfide) groups is 1. The first kappa shape index (κ1) is 11.0. The summed E-state index contributed by atoms with van der Waals surface area (Å²) in [6, 6.07) is 8.44. The van der Waals surface area contributed by atoms with Crippen molar-refractivity contribution in [3.8, 4) is 0 Å². The Bertz CT molecular complexity index is 342. The summed E-state index contributed by atoms with van der Waals surface area (Å²) < 4.78 is 5.91. The molecular weight excluding hydrogens is 206 g/mol. The van der Waals surface area contributed by atoms with Gasteiger partial charge in [-0.2, -0.15) is 0 Å². The minimum absolute atomic E-state index is 0.239. The van der Waals surface area contributed by atoms with Gasteiger partial charge in [-0.05, 0) is 25.0 Å². The molecule has 1 aromatic carbocycles. The smallest absolute Gasteiger partial charge is 0.107 e. The molecule has 0 aliphatic carbocycles. The summed E-state index contributed by atoms with van der Waals surface area (Å²) in [4.78, 5) is 1.32. The van der Waals surface area contributed by atoms with Crippen molar-refractivity contribution in [2.24, 2.45) is 5.73 Å². The van der Waals surface area contributed by atoms with E-state index >= 15 is 0 Å². The van der Waals surface area contributed by atoms with Crippen LogP contribution in [0.1, 0.15) is 18.9 Å². The van der Waals surface area contributed by atoms with Crippen molar-refractivity contribution in [1.82, 2.24) is 0 Å². The number of rotatable bonds is 3. The van der Waals surface area contributed by atoms with Gasteiger partial charge < -0.3 is 10.5 Å². The maximum absolute atomic E-state index is 5.91. The first-order chi connectivity index (χ1) is 7.32. The van der Waals surface area contributed by atoms with Gasteiger partial charge in [-0.3, -0.25) is 0 Å². The second-order valence-electron chi connectivity index (χ2n) is 3.73. The summed E-state index contributed by atoms with van der Waals surface area (Å²) in [6.07, 6.45) is 1.01. The topological polar surface area (TPSA) is 35.2 Å². The van der Waals surface area contributed by atoms with Crippen LogP contribution >= 0.6 is 11.8 Å².